The van der Waals surface area contributed by atoms with Crippen LogP contribution in [0.4, 0.5) is 15.2 Å². The lowest BCUT2D eigenvalue weighted by Crippen LogP contribution is -2.12. The number of hydrogen-bond donors (Lipinski definition) is 1. The number of hydrogen-bond acceptors (Lipinski definition) is 5. The van der Waals surface area contributed by atoms with Crippen LogP contribution in [0.25, 0.3) is 10.2 Å². The van der Waals surface area contributed by atoms with Crippen molar-refractivity contribution in [3.8, 4) is 0 Å². The molecule has 1 aromatic heterocycles. The number of thiazole rings is 1. The second-order valence-electron chi connectivity index (χ2n) is 4.48. The first-order valence-corrected chi connectivity index (χ1v) is 7.45. The van der Waals surface area contributed by atoms with Crippen molar-refractivity contribution in [3.63, 3.8) is 0 Å². The second kappa shape index (κ2) is 5.90. The monoisotopic (exact) mass is 351 g/mol. The number of nitrogens with one attached hydrogen (secondary N) is 1. The van der Waals surface area contributed by atoms with Crippen molar-refractivity contribution in [1.29, 1.82) is 0 Å². The smallest absolute Gasteiger partial charge is 0.288 e. The molecule has 0 unspecified atom stereocenters. The fourth-order valence-corrected chi connectivity index (χ4v) is 2.99. The Balaban J connectivity index is 1.90. The van der Waals surface area contributed by atoms with Gasteiger partial charge in [0.1, 0.15) is 16.4 Å². The number of amides is 1. The van der Waals surface area contributed by atoms with Gasteiger partial charge < -0.3 is 0 Å². The number of nitro groups is 1. The van der Waals surface area contributed by atoms with Crippen LogP contribution in [0.3, 0.4) is 0 Å². The Morgan fingerprint density at radius 2 is 2.13 bits per heavy atom. The highest BCUT2D eigenvalue weighted by Crippen LogP contribution is 2.29. The Morgan fingerprint density at radius 3 is 2.83 bits per heavy atom. The Kier molecular flexibility index (Phi) is 3.93. The minimum absolute atomic E-state index is 0.0563. The molecule has 0 atom stereocenters. The largest absolute Gasteiger partial charge is 0.298 e. The number of aromatic nitrogens is 1. The number of nitro benzene ring substituents is 1. The topological polar surface area (TPSA) is 85.1 Å². The van der Waals surface area contributed by atoms with Crippen LogP contribution >= 0.6 is 22.9 Å². The van der Waals surface area contributed by atoms with Crippen LogP contribution in [0.1, 0.15) is 10.4 Å². The maximum absolute atomic E-state index is 13.6. The van der Waals surface area contributed by atoms with Crippen LogP contribution in [0.15, 0.2) is 36.4 Å². The summed E-state index contributed by atoms with van der Waals surface area (Å²) in [4.78, 5) is 26.3. The van der Waals surface area contributed by atoms with Gasteiger partial charge in [-0.1, -0.05) is 29.0 Å². The van der Waals surface area contributed by atoms with E-state index in [4.69, 9.17) is 11.6 Å². The van der Waals surface area contributed by atoms with E-state index in [0.717, 1.165) is 17.4 Å². The van der Waals surface area contributed by atoms with E-state index in [2.05, 4.69) is 10.3 Å². The number of anilines is 1. The highest BCUT2D eigenvalue weighted by Gasteiger charge is 2.17. The first kappa shape index (κ1) is 15.3. The lowest BCUT2D eigenvalue weighted by molar-refractivity contribution is -0.384. The molecule has 1 amide bonds. The average Bonchev–Trinajstić information content (AvgIpc) is 2.91. The molecule has 2 aromatic carbocycles. The Bertz CT molecular complexity index is 944. The fourth-order valence-electron chi connectivity index (χ4n) is 1.93. The number of rotatable bonds is 3. The average molecular weight is 352 g/mol. The number of nitrogens with zero attached hydrogens (tertiary/aromatic N) is 2. The molecule has 116 valence electrons. The summed E-state index contributed by atoms with van der Waals surface area (Å²) < 4.78 is 14.2. The molecule has 0 spiro atoms. The van der Waals surface area contributed by atoms with Crippen LogP contribution in [0, 0.1) is 15.9 Å². The van der Waals surface area contributed by atoms with Gasteiger partial charge in [-0.25, -0.2) is 9.37 Å². The fraction of sp³-hybridized carbons (Fsp3) is 0. The van der Waals surface area contributed by atoms with Crippen LogP contribution in [-0.4, -0.2) is 15.8 Å². The van der Waals surface area contributed by atoms with Gasteiger partial charge in [-0.3, -0.25) is 20.2 Å². The Hall–Kier alpha value is -2.58. The molecular formula is C14H7ClFN3O3S. The lowest BCUT2D eigenvalue weighted by Gasteiger charge is -2.02. The van der Waals surface area contributed by atoms with Crippen LogP contribution in [-0.2, 0) is 0 Å². The summed E-state index contributed by atoms with van der Waals surface area (Å²) in [6, 6.07) is 8.20. The molecule has 23 heavy (non-hydrogen) atoms. The van der Waals surface area contributed by atoms with E-state index in [9.17, 15) is 19.3 Å². The number of fused-ring (bicyclic) bond motifs is 1. The van der Waals surface area contributed by atoms with Gasteiger partial charge in [0.2, 0.25) is 0 Å². The SMILES string of the molecule is O=C(Nc1nc2c(F)cccc2s1)c1ccc(Cl)c([N+](=O)[O-])c1. The quantitative estimate of drug-likeness (QED) is 0.564. The van der Waals surface area contributed by atoms with Gasteiger partial charge in [-0.05, 0) is 24.3 Å². The van der Waals surface area contributed by atoms with Crippen molar-refractivity contribution in [2.75, 3.05) is 5.32 Å². The third-order valence-corrected chi connectivity index (χ3v) is 4.25. The highest BCUT2D eigenvalue weighted by atomic mass is 35.5. The van der Waals surface area contributed by atoms with Crippen molar-refractivity contribution >= 4 is 49.9 Å². The first-order valence-electron chi connectivity index (χ1n) is 6.26. The molecule has 1 N–H and O–H groups in total. The molecule has 1 heterocycles. The van der Waals surface area contributed by atoms with E-state index in [-0.39, 0.29) is 26.9 Å². The minimum Gasteiger partial charge on any atom is -0.298 e. The number of benzene rings is 2. The minimum atomic E-state index is -0.674. The summed E-state index contributed by atoms with van der Waals surface area (Å²) >= 11 is 6.81. The Morgan fingerprint density at radius 1 is 1.35 bits per heavy atom. The standard InChI is InChI=1S/C14H7ClFN3O3S/c15-8-5-4-7(6-10(8)19(21)22)13(20)18-14-17-12-9(16)2-1-3-11(12)23-14/h1-6H,(H,17,18,20). The molecule has 6 nitrogen and oxygen atoms in total. The molecule has 0 saturated heterocycles. The maximum Gasteiger partial charge on any atom is 0.288 e. The number of carbonyl (C=O) groups excluding carboxylic acids is 1. The maximum atomic E-state index is 13.6. The summed E-state index contributed by atoms with van der Waals surface area (Å²) in [5.74, 6) is -1.08. The van der Waals surface area contributed by atoms with Crippen LogP contribution < -0.4 is 5.32 Å². The molecule has 9 heteroatoms. The molecular weight excluding hydrogens is 345 g/mol. The summed E-state index contributed by atoms with van der Waals surface area (Å²) in [6.07, 6.45) is 0. The molecule has 0 aliphatic carbocycles. The molecule has 0 bridgehead atoms. The predicted molar refractivity (Wildman–Crippen MR) is 85.6 cm³/mol. The molecule has 0 saturated carbocycles. The van der Waals surface area contributed by atoms with Gasteiger partial charge in [-0.2, -0.15) is 0 Å². The lowest BCUT2D eigenvalue weighted by atomic mass is 10.2. The van der Waals surface area contributed by atoms with Gasteiger partial charge >= 0.3 is 0 Å². The van der Waals surface area contributed by atoms with E-state index in [1.54, 1.807) is 12.1 Å². The van der Waals surface area contributed by atoms with Crippen molar-refractivity contribution < 1.29 is 14.1 Å². The second-order valence-corrected chi connectivity index (χ2v) is 5.92. The van der Waals surface area contributed by atoms with Crippen molar-refractivity contribution in [2.45, 2.75) is 0 Å². The van der Waals surface area contributed by atoms with Gasteiger partial charge in [0.05, 0.1) is 9.62 Å². The van der Waals surface area contributed by atoms with E-state index in [1.165, 1.54) is 18.2 Å². The Labute approximate surface area is 137 Å². The summed E-state index contributed by atoms with van der Waals surface area (Å²) in [6.45, 7) is 0. The number of para-hydroxylation sites is 1. The molecule has 3 rings (SSSR count). The number of halogens is 2. The first-order chi connectivity index (χ1) is 11.0. The summed E-state index contributed by atoms with van der Waals surface area (Å²) in [7, 11) is 0. The third kappa shape index (κ3) is 2.99. The van der Waals surface area contributed by atoms with Gasteiger partial charge in [0.25, 0.3) is 11.6 Å². The van der Waals surface area contributed by atoms with Gasteiger partial charge in [-0.15, -0.1) is 0 Å². The predicted octanol–water partition coefficient (Wildman–Crippen LogP) is 4.25. The highest BCUT2D eigenvalue weighted by molar-refractivity contribution is 7.22. The zero-order chi connectivity index (χ0) is 16.6. The van der Waals surface area contributed by atoms with Crippen LogP contribution in [0.5, 0.6) is 0 Å². The van der Waals surface area contributed by atoms with E-state index >= 15 is 0 Å². The molecule has 0 aliphatic heterocycles. The van der Waals surface area contributed by atoms with E-state index < -0.39 is 16.6 Å². The molecule has 0 fully saturated rings. The van der Waals surface area contributed by atoms with Crippen molar-refractivity contribution in [1.82, 2.24) is 4.98 Å². The normalized spacial score (nSPS) is 10.7. The third-order valence-electron chi connectivity index (χ3n) is 3.00. The van der Waals surface area contributed by atoms with E-state index in [0.29, 0.717) is 4.70 Å². The van der Waals surface area contributed by atoms with Gasteiger partial charge in [0, 0.05) is 11.6 Å². The van der Waals surface area contributed by atoms with Crippen molar-refractivity contribution in [3.05, 3.63) is 62.9 Å². The summed E-state index contributed by atoms with van der Waals surface area (Å²) in [5.41, 5.74) is -0.148. The molecule has 3 aromatic rings. The zero-order valence-electron chi connectivity index (χ0n) is 11.2. The van der Waals surface area contributed by atoms with E-state index in [1.807, 2.05) is 0 Å². The molecule has 0 aliphatic rings. The van der Waals surface area contributed by atoms with Crippen LogP contribution in [0.2, 0.25) is 5.02 Å². The number of carbonyl (C=O) groups is 1. The van der Waals surface area contributed by atoms with Crippen molar-refractivity contribution in [2.24, 2.45) is 0 Å². The molecule has 0 radical (unpaired) electrons. The zero-order valence-corrected chi connectivity index (χ0v) is 12.8. The summed E-state index contributed by atoms with van der Waals surface area (Å²) in [5, 5.41) is 13.5. The van der Waals surface area contributed by atoms with Gasteiger partial charge in [0.15, 0.2) is 5.13 Å².